The number of hydrogen-bond acceptors (Lipinski definition) is 4. The summed E-state index contributed by atoms with van der Waals surface area (Å²) in [4.78, 5) is 14.5. The van der Waals surface area contributed by atoms with Gasteiger partial charge < -0.3 is 5.32 Å². The Kier molecular flexibility index (Phi) is 4.89. The van der Waals surface area contributed by atoms with Crippen molar-refractivity contribution in [1.82, 2.24) is 24.8 Å². The van der Waals surface area contributed by atoms with Gasteiger partial charge in [-0.1, -0.05) is 18.4 Å². The van der Waals surface area contributed by atoms with E-state index in [0.29, 0.717) is 19.5 Å². The molecule has 0 bridgehead atoms. The number of hydrogen-bond donors (Lipinski definition) is 1. The Balaban J connectivity index is 1.55. The molecule has 3 heterocycles. The first-order valence-electron chi connectivity index (χ1n) is 8.03. The highest BCUT2D eigenvalue weighted by atomic mass is 16.2. The van der Waals surface area contributed by atoms with Crippen molar-refractivity contribution in [2.45, 2.75) is 31.7 Å². The Morgan fingerprint density at radius 3 is 3.17 bits per heavy atom. The summed E-state index contributed by atoms with van der Waals surface area (Å²) >= 11 is 0. The molecule has 0 saturated carbocycles. The van der Waals surface area contributed by atoms with Gasteiger partial charge in [0.2, 0.25) is 5.91 Å². The molecular weight excluding hydrogens is 290 g/mol. The van der Waals surface area contributed by atoms with Crippen LogP contribution >= 0.6 is 0 Å². The van der Waals surface area contributed by atoms with Gasteiger partial charge in [-0.3, -0.25) is 14.1 Å². The monoisotopic (exact) mass is 311 g/mol. The molecule has 0 aromatic carbocycles. The molecule has 6 nitrogen and oxygen atoms in total. The van der Waals surface area contributed by atoms with Crippen LogP contribution in [-0.4, -0.2) is 51.1 Å². The molecule has 1 amide bonds. The minimum Gasteiger partial charge on any atom is -0.354 e. The summed E-state index contributed by atoms with van der Waals surface area (Å²) in [5.41, 5.74) is 0.821. The van der Waals surface area contributed by atoms with E-state index >= 15 is 0 Å². The lowest BCUT2D eigenvalue weighted by Gasteiger charge is -2.33. The number of carbonyl (C=O) groups excluding carboxylic acids is 1. The number of amides is 1. The number of terminal acetylenes is 1. The molecule has 1 aliphatic rings. The molecule has 6 heteroatoms. The number of pyridine rings is 1. The number of likely N-dealkylation sites (tertiary alicyclic amines) is 1. The summed E-state index contributed by atoms with van der Waals surface area (Å²) < 4.78 is 1.94. The smallest absolute Gasteiger partial charge is 0.237 e. The number of nitrogens with zero attached hydrogens (tertiary/aromatic N) is 4. The fraction of sp³-hybridized carbons (Fsp3) is 0.471. The molecule has 1 atom stereocenters. The van der Waals surface area contributed by atoms with Gasteiger partial charge in [0.15, 0.2) is 5.65 Å². The zero-order chi connectivity index (χ0) is 16.1. The van der Waals surface area contributed by atoms with Crippen molar-refractivity contribution in [3.8, 4) is 12.3 Å². The molecule has 2 aromatic heterocycles. The van der Waals surface area contributed by atoms with Gasteiger partial charge in [0.05, 0.1) is 12.6 Å². The van der Waals surface area contributed by atoms with E-state index in [9.17, 15) is 4.79 Å². The molecule has 0 aliphatic carbocycles. The van der Waals surface area contributed by atoms with Gasteiger partial charge >= 0.3 is 0 Å². The Labute approximate surface area is 135 Å². The van der Waals surface area contributed by atoms with Gasteiger partial charge in [0, 0.05) is 19.2 Å². The molecule has 23 heavy (non-hydrogen) atoms. The topological polar surface area (TPSA) is 62.5 Å². The van der Waals surface area contributed by atoms with Crippen LogP contribution in [-0.2, 0) is 11.2 Å². The number of fused-ring (bicyclic) bond motifs is 1. The fourth-order valence-corrected chi connectivity index (χ4v) is 3.07. The van der Waals surface area contributed by atoms with Crippen molar-refractivity contribution in [2.24, 2.45) is 0 Å². The predicted molar refractivity (Wildman–Crippen MR) is 87.7 cm³/mol. The van der Waals surface area contributed by atoms with Crippen molar-refractivity contribution in [1.29, 1.82) is 0 Å². The van der Waals surface area contributed by atoms with Crippen LogP contribution < -0.4 is 5.32 Å². The molecule has 1 unspecified atom stereocenters. The second kappa shape index (κ2) is 7.25. The first-order valence-corrected chi connectivity index (χ1v) is 8.03. The fourth-order valence-electron chi connectivity index (χ4n) is 3.07. The minimum absolute atomic E-state index is 0.0637. The van der Waals surface area contributed by atoms with Crippen molar-refractivity contribution in [3.63, 3.8) is 0 Å². The van der Waals surface area contributed by atoms with Gasteiger partial charge in [0.1, 0.15) is 5.82 Å². The molecule has 2 aromatic rings. The van der Waals surface area contributed by atoms with Crippen LogP contribution in [0.1, 0.15) is 25.1 Å². The normalized spacial score (nSPS) is 18.7. The molecule has 1 saturated heterocycles. The van der Waals surface area contributed by atoms with Crippen LogP contribution in [0.4, 0.5) is 0 Å². The Morgan fingerprint density at radius 2 is 2.30 bits per heavy atom. The minimum atomic E-state index is -0.102. The van der Waals surface area contributed by atoms with Crippen LogP contribution in [0.15, 0.2) is 24.4 Å². The van der Waals surface area contributed by atoms with Crippen molar-refractivity contribution >= 4 is 11.6 Å². The van der Waals surface area contributed by atoms with E-state index in [4.69, 9.17) is 6.42 Å². The maximum absolute atomic E-state index is 12.4. The van der Waals surface area contributed by atoms with E-state index in [0.717, 1.165) is 37.3 Å². The molecule has 1 aliphatic heterocycles. The lowest BCUT2D eigenvalue weighted by atomic mass is 10.0. The number of nitrogens with one attached hydrogen (secondary N) is 1. The summed E-state index contributed by atoms with van der Waals surface area (Å²) in [5.74, 6) is 3.56. The third-order valence-corrected chi connectivity index (χ3v) is 4.24. The Hall–Kier alpha value is -2.39. The van der Waals surface area contributed by atoms with Gasteiger partial charge in [0.25, 0.3) is 0 Å². The van der Waals surface area contributed by atoms with Crippen molar-refractivity contribution < 1.29 is 4.79 Å². The Morgan fingerprint density at radius 1 is 1.39 bits per heavy atom. The van der Waals surface area contributed by atoms with Gasteiger partial charge in [-0.2, -0.15) is 0 Å². The lowest BCUT2D eigenvalue weighted by molar-refractivity contribution is -0.127. The van der Waals surface area contributed by atoms with Crippen LogP contribution in [0.5, 0.6) is 0 Å². The maximum atomic E-state index is 12.4. The van der Waals surface area contributed by atoms with Gasteiger partial charge in [-0.05, 0) is 31.5 Å². The van der Waals surface area contributed by atoms with E-state index in [2.05, 4.69) is 26.3 Å². The van der Waals surface area contributed by atoms with E-state index in [1.807, 2.05) is 28.8 Å². The molecule has 1 fully saturated rings. The number of piperidine rings is 1. The summed E-state index contributed by atoms with van der Waals surface area (Å²) in [5, 5.41) is 11.3. The summed E-state index contributed by atoms with van der Waals surface area (Å²) in [6.45, 7) is 1.99. The number of carbonyl (C=O) groups is 1. The lowest BCUT2D eigenvalue weighted by Crippen LogP contribution is -2.49. The van der Waals surface area contributed by atoms with Crippen molar-refractivity contribution in [3.05, 3.63) is 30.2 Å². The predicted octanol–water partition coefficient (Wildman–Crippen LogP) is 0.876. The van der Waals surface area contributed by atoms with Crippen molar-refractivity contribution in [2.75, 3.05) is 19.6 Å². The first-order chi connectivity index (χ1) is 11.3. The summed E-state index contributed by atoms with van der Waals surface area (Å²) in [6, 6.07) is 5.68. The van der Waals surface area contributed by atoms with Gasteiger partial charge in [-0.15, -0.1) is 16.6 Å². The molecule has 0 spiro atoms. The average Bonchev–Trinajstić information content (AvgIpc) is 2.99. The maximum Gasteiger partial charge on any atom is 0.237 e. The van der Waals surface area contributed by atoms with E-state index < -0.39 is 0 Å². The summed E-state index contributed by atoms with van der Waals surface area (Å²) in [6.07, 6.45) is 11.0. The van der Waals surface area contributed by atoms with Crippen LogP contribution in [0, 0.1) is 12.3 Å². The van der Waals surface area contributed by atoms with Crippen LogP contribution in [0.25, 0.3) is 5.65 Å². The second-order valence-electron chi connectivity index (χ2n) is 5.77. The number of rotatable bonds is 5. The third kappa shape index (κ3) is 3.51. The molecular formula is C17H21N5O. The highest BCUT2D eigenvalue weighted by Gasteiger charge is 2.27. The van der Waals surface area contributed by atoms with Crippen LogP contribution in [0.2, 0.25) is 0 Å². The van der Waals surface area contributed by atoms with E-state index in [-0.39, 0.29) is 11.9 Å². The molecule has 120 valence electrons. The SMILES string of the molecule is C#CCN1CCCCC1C(=O)NCCc1nnc2ccccn12. The quantitative estimate of drug-likeness (QED) is 0.833. The molecule has 1 N–H and O–H groups in total. The Bertz CT molecular complexity index is 717. The zero-order valence-electron chi connectivity index (χ0n) is 13.1. The van der Waals surface area contributed by atoms with E-state index in [1.165, 1.54) is 0 Å². The van der Waals surface area contributed by atoms with E-state index in [1.54, 1.807) is 0 Å². The summed E-state index contributed by atoms with van der Waals surface area (Å²) in [7, 11) is 0. The average molecular weight is 311 g/mol. The highest BCUT2D eigenvalue weighted by molar-refractivity contribution is 5.81. The largest absolute Gasteiger partial charge is 0.354 e. The first kappa shape index (κ1) is 15.5. The molecule has 3 rings (SSSR count). The van der Waals surface area contributed by atoms with Gasteiger partial charge in [-0.25, -0.2) is 0 Å². The number of aromatic nitrogens is 3. The zero-order valence-corrected chi connectivity index (χ0v) is 13.1. The van der Waals surface area contributed by atoms with Crippen LogP contribution in [0.3, 0.4) is 0 Å². The highest BCUT2D eigenvalue weighted by Crippen LogP contribution is 2.16. The second-order valence-corrected chi connectivity index (χ2v) is 5.77. The standard InChI is InChI=1S/C17H21N5O/c1-2-11-21-12-5-3-7-14(21)17(23)18-10-9-16-20-19-15-8-4-6-13-22(15)16/h1,4,6,8,13-14H,3,5,7,9-12H2,(H,18,23). The third-order valence-electron chi connectivity index (χ3n) is 4.24. The molecule has 0 radical (unpaired) electrons.